The predicted molar refractivity (Wildman–Crippen MR) is 128 cm³/mol. The average molecular weight is 486 g/mol. The lowest BCUT2D eigenvalue weighted by Gasteiger charge is -2.47. The number of likely N-dealkylation sites (N-methyl/N-ethyl adjacent to an activating group) is 1. The lowest BCUT2D eigenvalue weighted by molar-refractivity contribution is -0.148. The summed E-state index contributed by atoms with van der Waals surface area (Å²) in [6.07, 6.45) is 4.52. The minimum absolute atomic E-state index is 0.000408. The molecule has 7 nitrogen and oxygen atoms in total. The highest BCUT2D eigenvalue weighted by Crippen LogP contribution is 2.81. The zero-order valence-electron chi connectivity index (χ0n) is 20.1. The number of nitrogens with zero attached hydrogens (tertiary/aromatic N) is 1. The molecule has 6 atom stereocenters. The number of ether oxygens (including phenoxy) is 3. The fourth-order valence-corrected chi connectivity index (χ4v) is 8.42. The molecule has 4 aliphatic carbocycles. The van der Waals surface area contributed by atoms with Gasteiger partial charge in [-0.2, -0.15) is 0 Å². The first kappa shape index (κ1) is 21.0. The van der Waals surface area contributed by atoms with E-state index in [9.17, 15) is 14.7 Å². The van der Waals surface area contributed by atoms with Crippen LogP contribution in [-0.4, -0.2) is 53.3 Å². The van der Waals surface area contributed by atoms with E-state index >= 15 is 0 Å². The van der Waals surface area contributed by atoms with Crippen molar-refractivity contribution in [2.45, 2.75) is 67.2 Å². The van der Waals surface area contributed by atoms with Gasteiger partial charge < -0.3 is 19.3 Å². The number of carbonyl (C=O) groups is 2. The number of aliphatic hydroxyl groups is 1. The number of ketones is 1. The first-order valence-electron chi connectivity index (χ1n) is 12.8. The monoisotopic (exact) mass is 485 g/mol. The van der Waals surface area contributed by atoms with E-state index in [0.717, 1.165) is 24.0 Å². The van der Waals surface area contributed by atoms with Crippen LogP contribution in [-0.2, 0) is 33.3 Å². The van der Waals surface area contributed by atoms with Gasteiger partial charge in [-0.15, -0.1) is 0 Å². The second-order valence-corrected chi connectivity index (χ2v) is 11.3. The molecule has 2 saturated carbocycles. The molecule has 0 radical (unpaired) electrons. The minimum Gasteiger partial charge on any atom is -0.477 e. The zero-order chi connectivity index (χ0) is 24.4. The summed E-state index contributed by atoms with van der Waals surface area (Å²) >= 11 is 0. The van der Waals surface area contributed by atoms with Gasteiger partial charge in [-0.25, -0.2) is 4.79 Å². The Hall–Kier alpha value is -3.16. The Morgan fingerprint density at radius 2 is 2.06 bits per heavy atom. The van der Waals surface area contributed by atoms with Crippen molar-refractivity contribution in [1.82, 2.24) is 4.90 Å². The molecule has 2 aromatic rings. The molecule has 3 fully saturated rings. The van der Waals surface area contributed by atoms with E-state index in [-0.39, 0.29) is 29.7 Å². The lowest BCUT2D eigenvalue weighted by atomic mass is 9.59. The van der Waals surface area contributed by atoms with Crippen molar-refractivity contribution in [3.05, 3.63) is 70.3 Å². The summed E-state index contributed by atoms with van der Waals surface area (Å²) < 4.78 is 17.3. The van der Waals surface area contributed by atoms with Gasteiger partial charge in [0, 0.05) is 18.4 Å². The molecule has 2 heterocycles. The molecule has 0 aromatic heterocycles. The number of likely N-dealkylation sites (tertiary alicyclic amines) is 1. The highest BCUT2D eigenvalue weighted by atomic mass is 16.7. The highest BCUT2D eigenvalue weighted by molar-refractivity contribution is 5.92. The molecule has 6 unspecified atom stereocenters. The second-order valence-electron chi connectivity index (χ2n) is 11.3. The molecule has 1 N–H and O–H groups in total. The fourth-order valence-electron chi connectivity index (χ4n) is 8.42. The second kappa shape index (κ2) is 6.58. The van der Waals surface area contributed by atoms with Gasteiger partial charge in [0.1, 0.15) is 0 Å². The number of benzene rings is 2. The molecule has 2 spiro atoms. The fraction of sp³-hybridized carbons (Fsp3) is 0.448. The molecule has 2 bridgehead atoms. The van der Waals surface area contributed by atoms with Gasteiger partial charge in [-0.3, -0.25) is 9.69 Å². The third-order valence-electron chi connectivity index (χ3n) is 9.92. The zero-order valence-corrected chi connectivity index (χ0v) is 20.1. The van der Waals surface area contributed by atoms with E-state index < -0.39 is 23.3 Å². The Balaban J connectivity index is 1.02. The van der Waals surface area contributed by atoms with E-state index in [2.05, 4.69) is 35.2 Å². The Bertz CT molecular complexity index is 1410. The maximum atomic E-state index is 13.0. The van der Waals surface area contributed by atoms with Crippen molar-refractivity contribution >= 4 is 11.9 Å². The summed E-state index contributed by atoms with van der Waals surface area (Å²) in [5.74, 6) is 0.691. The molecule has 36 heavy (non-hydrogen) atoms. The molecule has 184 valence electrons. The normalized spacial score (nSPS) is 37.4. The van der Waals surface area contributed by atoms with Crippen LogP contribution in [0.2, 0.25) is 0 Å². The van der Waals surface area contributed by atoms with Gasteiger partial charge in [-0.05, 0) is 55.5 Å². The predicted octanol–water partition coefficient (Wildman–Crippen LogP) is 3.34. The van der Waals surface area contributed by atoms with Crippen LogP contribution in [0, 0.1) is 0 Å². The highest BCUT2D eigenvalue weighted by Gasteiger charge is 2.91. The summed E-state index contributed by atoms with van der Waals surface area (Å²) in [4.78, 5) is 27.8. The van der Waals surface area contributed by atoms with Crippen LogP contribution in [0.1, 0.15) is 47.9 Å². The molecule has 1 saturated heterocycles. The average Bonchev–Trinajstić information content (AvgIpc) is 3.13. The minimum atomic E-state index is -1.01. The van der Waals surface area contributed by atoms with Crippen LogP contribution in [0.15, 0.2) is 48.0 Å². The van der Waals surface area contributed by atoms with Crippen LogP contribution in [0.3, 0.4) is 0 Å². The van der Waals surface area contributed by atoms with Crippen molar-refractivity contribution in [1.29, 1.82) is 0 Å². The standard InChI is InChI=1S/C29H27NO6/c1-30-25-28(30)15-27-22-19(28)8-9-21(23(22)36-24(27)20(31)10-12-29(25,27)33)35-26(32)34-13-11-16-6-7-17-4-2-3-5-18(17)14-16/h2-6,8-9,24-25,33H,7,10-15H2,1H3. The van der Waals surface area contributed by atoms with E-state index in [0.29, 0.717) is 31.4 Å². The maximum Gasteiger partial charge on any atom is 0.513 e. The third-order valence-corrected chi connectivity index (χ3v) is 9.92. The van der Waals surface area contributed by atoms with Gasteiger partial charge in [0.05, 0.1) is 29.2 Å². The Kier molecular flexibility index (Phi) is 3.83. The molecule has 7 heteroatoms. The number of rotatable bonds is 4. The van der Waals surface area contributed by atoms with Gasteiger partial charge >= 0.3 is 6.16 Å². The van der Waals surface area contributed by atoms with Crippen molar-refractivity contribution in [3.8, 4) is 11.5 Å². The molecule has 2 aliphatic heterocycles. The van der Waals surface area contributed by atoms with Crippen LogP contribution >= 0.6 is 0 Å². The number of carbonyl (C=O) groups excluding carboxylic acids is 2. The van der Waals surface area contributed by atoms with Crippen molar-refractivity contribution in [2.24, 2.45) is 0 Å². The van der Waals surface area contributed by atoms with Gasteiger partial charge in [0.2, 0.25) is 0 Å². The number of fused-ring (bicyclic) bond motifs is 2. The van der Waals surface area contributed by atoms with Gasteiger partial charge in [0.15, 0.2) is 23.4 Å². The lowest BCUT2D eigenvalue weighted by Crippen LogP contribution is -2.64. The third kappa shape index (κ3) is 2.24. The largest absolute Gasteiger partial charge is 0.513 e. The summed E-state index contributed by atoms with van der Waals surface area (Å²) in [5.41, 5.74) is 3.86. The van der Waals surface area contributed by atoms with Gasteiger partial charge in [-0.1, -0.05) is 42.0 Å². The number of hydrogen-bond acceptors (Lipinski definition) is 7. The number of hydrogen-bond donors (Lipinski definition) is 1. The van der Waals surface area contributed by atoms with Gasteiger partial charge in [0.25, 0.3) is 0 Å². The van der Waals surface area contributed by atoms with E-state index in [1.165, 1.54) is 16.7 Å². The van der Waals surface area contributed by atoms with E-state index in [1.54, 1.807) is 6.07 Å². The number of piperidine rings is 1. The number of Topliss-reactive ketones (excluding diaryl/α,β-unsaturated/α-hetero) is 1. The maximum absolute atomic E-state index is 13.0. The summed E-state index contributed by atoms with van der Waals surface area (Å²) in [7, 11) is 2.04. The number of allylic oxidation sites excluding steroid dienone is 1. The Labute approximate surface area is 208 Å². The topological polar surface area (TPSA) is 85.1 Å². The van der Waals surface area contributed by atoms with E-state index in [1.807, 2.05) is 13.1 Å². The van der Waals surface area contributed by atoms with Crippen LogP contribution in [0.4, 0.5) is 4.79 Å². The van der Waals surface area contributed by atoms with Crippen molar-refractivity contribution in [3.63, 3.8) is 0 Å². The molecule has 6 aliphatic rings. The molecule has 2 aromatic carbocycles. The van der Waals surface area contributed by atoms with E-state index in [4.69, 9.17) is 14.2 Å². The van der Waals surface area contributed by atoms with Crippen molar-refractivity contribution in [2.75, 3.05) is 13.7 Å². The summed E-state index contributed by atoms with van der Waals surface area (Å²) in [6.45, 7) is 0.231. The first-order chi connectivity index (χ1) is 17.4. The summed E-state index contributed by atoms with van der Waals surface area (Å²) in [5, 5.41) is 11.9. The van der Waals surface area contributed by atoms with Crippen molar-refractivity contribution < 1.29 is 28.9 Å². The van der Waals surface area contributed by atoms with Crippen LogP contribution in [0.25, 0.3) is 0 Å². The molecular formula is C29H27NO6. The van der Waals surface area contributed by atoms with Crippen LogP contribution < -0.4 is 9.47 Å². The summed E-state index contributed by atoms with van der Waals surface area (Å²) in [6, 6.07) is 12.1. The quantitative estimate of drug-likeness (QED) is 0.308. The molecule has 8 rings (SSSR count). The smallest absolute Gasteiger partial charge is 0.477 e. The Morgan fingerprint density at radius 3 is 2.92 bits per heavy atom. The Morgan fingerprint density at radius 1 is 1.22 bits per heavy atom. The SMILES string of the molecule is CN1C2C13CC14c5c3ccc(OC(=O)OCCC3=CCc6ccccc6C3)c5OC1C(=O)CCC24O. The van der Waals surface area contributed by atoms with Crippen LogP contribution in [0.5, 0.6) is 11.5 Å². The first-order valence-corrected chi connectivity index (χ1v) is 12.8. The molecular weight excluding hydrogens is 458 g/mol. The molecule has 0 amide bonds.